The number of benzene rings is 1. The number of rotatable bonds is 2. The Kier molecular flexibility index (Phi) is 3.26. The number of anilines is 1. The summed E-state index contributed by atoms with van der Waals surface area (Å²) in [5.41, 5.74) is 1.88. The van der Waals surface area contributed by atoms with E-state index in [-0.39, 0.29) is 0 Å². The molecule has 1 saturated heterocycles. The standard InChI is InChI=1S/C13H14NO/c1-2-11-4-3-5-13(10-11)14-12-6-8-15-9-7-12/h3-5,10,12,14H,6-9H2. The number of ether oxygens (including phenoxy) is 1. The fraction of sp³-hybridized carbons (Fsp3) is 0.385. The molecular formula is C13H14NO. The molecule has 1 radical (unpaired) electrons. The molecule has 0 atom stereocenters. The van der Waals surface area contributed by atoms with Crippen LogP contribution in [0.1, 0.15) is 18.4 Å². The van der Waals surface area contributed by atoms with Crippen LogP contribution in [0, 0.1) is 12.3 Å². The highest BCUT2D eigenvalue weighted by atomic mass is 16.5. The second-order valence-electron chi connectivity index (χ2n) is 3.74. The fourth-order valence-electron chi connectivity index (χ4n) is 1.76. The first-order valence-corrected chi connectivity index (χ1v) is 5.25. The van der Waals surface area contributed by atoms with Gasteiger partial charge in [0.25, 0.3) is 0 Å². The Labute approximate surface area is 90.6 Å². The summed E-state index contributed by atoms with van der Waals surface area (Å²) in [6.07, 6.45) is 9.17. The van der Waals surface area contributed by atoms with Crippen LogP contribution in [0.15, 0.2) is 24.3 Å². The zero-order valence-corrected chi connectivity index (χ0v) is 8.62. The highest BCUT2D eigenvalue weighted by molar-refractivity contribution is 5.50. The van der Waals surface area contributed by atoms with Crippen LogP contribution in [-0.4, -0.2) is 19.3 Å². The van der Waals surface area contributed by atoms with Gasteiger partial charge in [-0.05, 0) is 37.5 Å². The van der Waals surface area contributed by atoms with E-state index in [2.05, 4.69) is 11.2 Å². The second-order valence-corrected chi connectivity index (χ2v) is 3.74. The maximum Gasteiger partial charge on any atom is 0.0485 e. The zero-order valence-electron chi connectivity index (χ0n) is 8.62. The minimum absolute atomic E-state index is 0.500. The molecule has 2 heteroatoms. The molecule has 77 valence electrons. The third kappa shape index (κ3) is 2.74. The topological polar surface area (TPSA) is 21.3 Å². The Morgan fingerprint density at radius 2 is 2.13 bits per heavy atom. The lowest BCUT2D eigenvalue weighted by atomic mass is 10.1. The molecule has 2 nitrogen and oxygen atoms in total. The molecular weight excluding hydrogens is 186 g/mol. The van der Waals surface area contributed by atoms with Crippen molar-refractivity contribution in [3.63, 3.8) is 0 Å². The van der Waals surface area contributed by atoms with Crippen LogP contribution < -0.4 is 5.32 Å². The molecule has 1 heterocycles. The molecule has 1 aromatic carbocycles. The van der Waals surface area contributed by atoms with Gasteiger partial charge in [0, 0.05) is 30.5 Å². The summed E-state index contributed by atoms with van der Waals surface area (Å²) in [4.78, 5) is 0. The third-order valence-corrected chi connectivity index (χ3v) is 2.60. The van der Waals surface area contributed by atoms with E-state index >= 15 is 0 Å². The molecule has 1 aliphatic heterocycles. The molecule has 0 unspecified atom stereocenters. The fourth-order valence-corrected chi connectivity index (χ4v) is 1.76. The van der Waals surface area contributed by atoms with Crippen LogP contribution in [0.5, 0.6) is 0 Å². The molecule has 1 aromatic rings. The van der Waals surface area contributed by atoms with Crippen molar-refractivity contribution in [1.82, 2.24) is 0 Å². The SMILES string of the molecule is [C]#Cc1cccc(NC2CCOCC2)c1. The summed E-state index contributed by atoms with van der Waals surface area (Å²) >= 11 is 0. The van der Waals surface area contributed by atoms with Gasteiger partial charge in [-0.1, -0.05) is 12.0 Å². The lowest BCUT2D eigenvalue weighted by Gasteiger charge is -2.24. The van der Waals surface area contributed by atoms with E-state index in [4.69, 9.17) is 11.2 Å². The normalized spacial score (nSPS) is 17.0. The van der Waals surface area contributed by atoms with Crippen molar-refractivity contribution in [2.75, 3.05) is 18.5 Å². The van der Waals surface area contributed by atoms with Gasteiger partial charge >= 0.3 is 0 Å². The summed E-state index contributed by atoms with van der Waals surface area (Å²) < 4.78 is 5.30. The van der Waals surface area contributed by atoms with E-state index in [9.17, 15) is 0 Å². The Morgan fingerprint density at radius 3 is 2.87 bits per heavy atom. The molecule has 0 aromatic heterocycles. The van der Waals surface area contributed by atoms with Crippen LogP contribution in [0.2, 0.25) is 0 Å². The van der Waals surface area contributed by atoms with Gasteiger partial charge in [0.05, 0.1) is 0 Å². The van der Waals surface area contributed by atoms with E-state index in [0.29, 0.717) is 6.04 Å². The first-order chi connectivity index (χ1) is 7.38. The number of nitrogens with one attached hydrogen (secondary N) is 1. The van der Waals surface area contributed by atoms with Gasteiger partial charge in [-0.2, -0.15) is 0 Å². The van der Waals surface area contributed by atoms with Crippen LogP contribution in [0.25, 0.3) is 0 Å². The van der Waals surface area contributed by atoms with Crippen LogP contribution in [0.4, 0.5) is 5.69 Å². The van der Waals surface area contributed by atoms with Crippen LogP contribution >= 0.6 is 0 Å². The van der Waals surface area contributed by atoms with Gasteiger partial charge in [0.2, 0.25) is 0 Å². The van der Waals surface area contributed by atoms with Gasteiger partial charge in [-0.3, -0.25) is 0 Å². The van der Waals surface area contributed by atoms with Crippen LogP contribution in [-0.2, 0) is 4.74 Å². The lowest BCUT2D eigenvalue weighted by molar-refractivity contribution is 0.0904. The highest BCUT2D eigenvalue weighted by Gasteiger charge is 2.12. The van der Waals surface area contributed by atoms with E-state index in [1.807, 2.05) is 24.3 Å². The van der Waals surface area contributed by atoms with E-state index in [0.717, 1.165) is 37.3 Å². The van der Waals surface area contributed by atoms with Gasteiger partial charge < -0.3 is 10.1 Å². The first kappa shape index (κ1) is 10.1. The largest absolute Gasteiger partial charge is 0.382 e. The first-order valence-electron chi connectivity index (χ1n) is 5.25. The predicted octanol–water partition coefficient (Wildman–Crippen LogP) is 2.22. The monoisotopic (exact) mass is 200 g/mol. The smallest absolute Gasteiger partial charge is 0.0485 e. The lowest BCUT2D eigenvalue weighted by Crippen LogP contribution is -2.27. The maximum atomic E-state index is 7.06. The summed E-state index contributed by atoms with van der Waals surface area (Å²) in [5.74, 6) is 2.39. The maximum absolute atomic E-state index is 7.06. The molecule has 1 aliphatic rings. The molecule has 0 saturated carbocycles. The average molecular weight is 200 g/mol. The molecule has 2 rings (SSSR count). The van der Waals surface area contributed by atoms with Gasteiger partial charge in [0.1, 0.15) is 0 Å². The zero-order chi connectivity index (χ0) is 10.5. The molecule has 1 fully saturated rings. The van der Waals surface area contributed by atoms with Gasteiger partial charge in [-0.25, -0.2) is 0 Å². The van der Waals surface area contributed by atoms with Gasteiger partial charge in [0.15, 0.2) is 0 Å². The molecule has 0 amide bonds. The van der Waals surface area contributed by atoms with E-state index in [1.54, 1.807) is 0 Å². The van der Waals surface area contributed by atoms with E-state index in [1.165, 1.54) is 0 Å². The Bertz CT molecular complexity index is 361. The second kappa shape index (κ2) is 4.86. The summed E-state index contributed by atoms with van der Waals surface area (Å²) in [7, 11) is 0. The minimum Gasteiger partial charge on any atom is -0.382 e. The molecule has 15 heavy (non-hydrogen) atoms. The Balaban J connectivity index is 2.00. The number of hydrogen-bond acceptors (Lipinski definition) is 2. The van der Waals surface area contributed by atoms with Crippen molar-refractivity contribution in [2.45, 2.75) is 18.9 Å². The van der Waals surface area contributed by atoms with Crippen molar-refractivity contribution < 1.29 is 4.74 Å². The molecule has 0 spiro atoms. The van der Waals surface area contributed by atoms with Crippen molar-refractivity contribution in [3.8, 4) is 5.92 Å². The summed E-state index contributed by atoms with van der Waals surface area (Å²) in [6, 6.07) is 8.29. The van der Waals surface area contributed by atoms with Gasteiger partial charge in [-0.15, -0.1) is 0 Å². The van der Waals surface area contributed by atoms with Crippen molar-refractivity contribution in [1.29, 1.82) is 0 Å². The Hall–Kier alpha value is -1.46. The highest BCUT2D eigenvalue weighted by Crippen LogP contribution is 2.15. The third-order valence-electron chi connectivity index (χ3n) is 2.60. The van der Waals surface area contributed by atoms with Crippen molar-refractivity contribution >= 4 is 5.69 Å². The van der Waals surface area contributed by atoms with Crippen LogP contribution in [0.3, 0.4) is 0 Å². The van der Waals surface area contributed by atoms with Crippen molar-refractivity contribution in [3.05, 3.63) is 36.3 Å². The number of hydrogen-bond donors (Lipinski definition) is 1. The molecule has 1 N–H and O–H groups in total. The van der Waals surface area contributed by atoms with Crippen molar-refractivity contribution in [2.24, 2.45) is 0 Å². The quantitative estimate of drug-likeness (QED) is 0.739. The summed E-state index contributed by atoms with van der Waals surface area (Å²) in [5, 5.41) is 3.45. The predicted molar refractivity (Wildman–Crippen MR) is 60.1 cm³/mol. The summed E-state index contributed by atoms with van der Waals surface area (Å²) in [6.45, 7) is 1.68. The van der Waals surface area contributed by atoms with E-state index < -0.39 is 0 Å². The Morgan fingerprint density at radius 1 is 1.33 bits per heavy atom. The average Bonchev–Trinajstić information content (AvgIpc) is 2.31. The molecule has 0 bridgehead atoms. The minimum atomic E-state index is 0.500. The molecule has 0 aliphatic carbocycles.